The highest BCUT2D eigenvalue weighted by molar-refractivity contribution is 5.84. The number of hydrogen-bond donors (Lipinski definition) is 1. The maximum atomic E-state index is 12.4. The zero-order valence-corrected chi connectivity index (χ0v) is 12.7. The maximum Gasteiger partial charge on any atom is 0.326 e. The van der Waals surface area contributed by atoms with E-state index in [9.17, 15) is 14.7 Å². The van der Waals surface area contributed by atoms with E-state index in [1.165, 1.54) is 5.56 Å². The first-order chi connectivity index (χ1) is 10.0. The molecule has 0 saturated carbocycles. The number of likely N-dealkylation sites (tertiary alicyclic amines) is 1. The van der Waals surface area contributed by atoms with Crippen LogP contribution in [0.15, 0.2) is 24.3 Å². The Morgan fingerprint density at radius 2 is 2.00 bits per heavy atom. The number of hydrogen-bond acceptors (Lipinski definition) is 2. The van der Waals surface area contributed by atoms with Crippen LogP contribution in [-0.4, -0.2) is 34.5 Å². The monoisotopic (exact) mass is 289 g/mol. The molecule has 1 amide bonds. The van der Waals surface area contributed by atoms with Crippen molar-refractivity contribution in [1.82, 2.24) is 4.90 Å². The van der Waals surface area contributed by atoms with Crippen molar-refractivity contribution in [2.75, 3.05) is 6.54 Å². The second-order valence-corrected chi connectivity index (χ2v) is 5.80. The first-order valence-electron chi connectivity index (χ1n) is 7.61. The van der Waals surface area contributed by atoms with Crippen molar-refractivity contribution >= 4 is 11.9 Å². The van der Waals surface area contributed by atoms with Gasteiger partial charge in [-0.2, -0.15) is 0 Å². The number of aryl methyl sites for hydroxylation is 1. The molecule has 2 atom stereocenters. The van der Waals surface area contributed by atoms with Gasteiger partial charge in [0.2, 0.25) is 5.91 Å². The molecule has 1 aromatic carbocycles. The van der Waals surface area contributed by atoms with Gasteiger partial charge in [-0.25, -0.2) is 4.79 Å². The van der Waals surface area contributed by atoms with Crippen LogP contribution >= 0.6 is 0 Å². The largest absolute Gasteiger partial charge is 0.480 e. The van der Waals surface area contributed by atoms with Crippen LogP contribution in [0.25, 0.3) is 0 Å². The Morgan fingerprint density at radius 3 is 2.57 bits per heavy atom. The number of nitrogens with zero attached hydrogens (tertiary/aromatic N) is 1. The molecule has 0 radical (unpaired) electrons. The first kappa shape index (κ1) is 15.5. The molecule has 0 spiro atoms. The molecular formula is C17H23NO3. The molecule has 1 fully saturated rings. The Labute approximate surface area is 125 Å². The number of aliphatic carboxylic acids is 1. The van der Waals surface area contributed by atoms with Gasteiger partial charge in [-0.05, 0) is 37.7 Å². The fourth-order valence-electron chi connectivity index (χ4n) is 2.99. The molecule has 1 saturated heterocycles. The summed E-state index contributed by atoms with van der Waals surface area (Å²) < 4.78 is 0. The van der Waals surface area contributed by atoms with Crippen molar-refractivity contribution in [3.05, 3.63) is 35.4 Å². The summed E-state index contributed by atoms with van der Waals surface area (Å²) in [5.74, 6) is -0.760. The molecule has 4 nitrogen and oxygen atoms in total. The molecule has 114 valence electrons. The van der Waals surface area contributed by atoms with Crippen molar-refractivity contribution < 1.29 is 14.7 Å². The molecule has 1 aliphatic heterocycles. The van der Waals surface area contributed by atoms with Crippen molar-refractivity contribution in [2.45, 2.75) is 51.5 Å². The van der Waals surface area contributed by atoms with E-state index >= 15 is 0 Å². The summed E-state index contributed by atoms with van der Waals surface area (Å²) in [5.41, 5.74) is 2.35. The Hall–Kier alpha value is -1.84. The second kappa shape index (κ2) is 6.74. The van der Waals surface area contributed by atoms with Gasteiger partial charge < -0.3 is 10.0 Å². The van der Waals surface area contributed by atoms with Crippen LogP contribution in [0.3, 0.4) is 0 Å². The summed E-state index contributed by atoms with van der Waals surface area (Å²) >= 11 is 0. The predicted octanol–water partition coefficient (Wildman–Crippen LogP) is 2.95. The van der Waals surface area contributed by atoms with Crippen LogP contribution < -0.4 is 0 Å². The fraction of sp³-hybridized carbons (Fsp3) is 0.529. The first-order valence-corrected chi connectivity index (χ1v) is 7.61. The molecule has 2 unspecified atom stereocenters. The Morgan fingerprint density at radius 1 is 1.33 bits per heavy atom. The topological polar surface area (TPSA) is 57.6 Å². The lowest BCUT2D eigenvalue weighted by molar-refractivity contribution is -0.148. The summed E-state index contributed by atoms with van der Waals surface area (Å²) in [6, 6.07) is 7.61. The van der Waals surface area contributed by atoms with Crippen LogP contribution in [0, 0.1) is 6.92 Å². The maximum absolute atomic E-state index is 12.4. The molecule has 1 aromatic rings. The summed E-state index contributed by atoms with van der Waals surface area (Å²) in [6.45, 7) is 4.67. The molecule has 1 aliphatic rings. The van der Waals surface area contributed by atoms with Gasteiger partial charge in [-0.1, -0.05) is 36.8 Å². The molecular weight excluding hydrogens is 266 g/mol. The predicted molar refractivity (Wildman–Crippen MR) is 81.2 cm³/mol. The van der Waals surface area contributed by atoms with Gasteiger partial charge in [-0.3, -0.25) is 4.79 Å². The minimum Gasteiger partial charge on any atom is -0.480 e. The smallest absolute Gasteiger partial charge is 0.326 e. The van der Waals surface area contributed by atoms with E-state index in [1.54, 1.807) is 4.90 Å². The van der Waals surface area contributed by atoms with E-state index in [0.29, 0.717) is 19.4 Å². The molecule has 1 heterocycles. The lowest BCUT2D eigenvalue weighted by Gasteiger charge is -2.24. The average molecular weight is 289 g/mol. The standard InChI is InChI=1S/C17H23NO3/c1-3-13(14-8-6-12(2)7-9-14)11-16(19)18-10-4-5-15(18)17(20)21/h6-9,13,15H,3-5,10-11H2,1-2H3,(H,20,21). The van der Waals surface area contributed by atoms with E-state index in [-0.39, 0.29) is 11.8 Å². The van der Waals surface area contributed by atoms with Crippen LogP contribution in [-0.2, 0) is 9.59 Å². The molecule has 0 aliphatic carbocycles. The van der Waals surface area contributed by atoms with E-state index in [0.717, 1.165) is 18.4 Å². The third kappa shape index (κ3) is 3.63. The highest BCUT2D eigenvalue weighted by Crippen LogP contribution is 2.27. The second-order valence-electron chi connectivity index (χ2n) is 5.80. The molecule has 2 rings (SSSR count). The summed E-state index contributed by atoms with van der Waals surface area (Å²) in [5, 5.41) is 9.18. The zero-order valence-electron chi connectivity index (χ0n) is 12.7. The molecule has 4 heteroatoms. The lowest BCUT2D eigenvalue weighted by atomic mass is 9.92. The van der Waals surface area contributed by atoms with Crippen LogP contribution in [0.1, 0.15) is 49.7 Å². The summed E-state index contributed by atoms with van der Waals surface area (Å²) in [4.78, 5) is 25.2. The number of carboxylic acids is 1. The van der Waals surface area contributed by atoms with Crippen molar-refractivity contribution in [3.8, 4) is 0 Å². The highest BCUT2D eigenvalue weighted by Gasteiger charge is 2.34. The van der Waals surface area contributed by atoms with Crippen molar-refractivity contribution in [2.24, 2.45) is 0 Å². The summed E-state index contributed by atoms with van der Waals surface area (Å²) in [7, 11) is 0. The van der Waals surface area contributed by atoms with E-state index in [2.05, 4.69) is 31.2 Å². The fourth-order valence-corrected chi connectivity index (χ4v) is 2.99. The number of benzene rings is 1. The normalized spacial score (nSPS) is 19.5. The van der Waals surface area contributed by atoms with Gasteiger partial charge >= 0.3 is 5.97 Å². The Kier molecular flexibility index (Phi) is 4.99. The number of amides is 1. The van der Waals surface area contributed by atoms with E-state index in [4.69, 9.17) is 0 Å². The van der Waals surface area contributed by atoms with Crippen molar-refractivity contribution in [3.63, 3.8) is 0 Å². The Bertz CT molecular complexity index is 509. The molecule has 0 aromatic heterocycles. The third-order valence-electron chi connectivity index (χ3n) is 4.32. The lowest BCUT2D eigenvalue weighted by Crippen LogP contribution is -2.40. The number of rotatable bonds is 5. The SMILES string of the molecule is CCC(CC(=O)N1CCCC1C(=O)O)c1ccc(C)cc1. The third-order valence-corrected chi connectivity index (χ3v) is 4.32. The molecule has 0 bridgehead atoms. The average Bonchev–Trinajstić information content (AvgIpc) is 2.95. The highest BCUT2D eigenvalue weighted by atomic mass is 16.4. The minimum absolute atomic E-state index is 0.0349. The zero-order chi connectivity index (χ0) is 15.4. The van der Waals surface area contributed by atoms with Gasteiger partial charge in [-0.15, -0.1) is 0 Å². The number of carbonyl (C=O) groups is 2. The van der Waals surface area contributed by atoms with E-state index in [1.807, 2.05) is 6.92 Å². The van der Waals surface area contributed by atoms with Crippen molar-refractivity contribution in [1.29, 1.82) is 0 Å². The number of carboxylic acid groups (broad SMARTS) is 1. The minimum atomic E-state index is -0.885. The van der Waals surface area contributed by atoms with Crippen LogP contribution in [0.2, 0.25) is 0 Å². The van der Waals surface area contributed by atoms with E-state index < -0.39 is 12.0 Å². The summed E-state index contributed by atoms with van der Waals surface area (Å²) in [6.07, 6.45) is 2.62. The van der Waals surface area contributed by atoms with Gasteiger partial charge in [0.25, 0.3) is 0 Å². The molecule has 21 heavy (non-hydrogen) atoms. The van der Waals surface area contributed by atoms with Gasteiger partial charge in [0.05, 0.1) is 0 Å². The quantitative estimate of drug-likeness (QED) is 0.906. The van der Waals surface area contributed by atoms with Crippen LogP contribution in [0.4, 0.5) is 0 Å². The number of carbonyl (C=O) groups excluding carboxylic acids is 1. The van der Waals surface area contributed by atoms with Gasteiger partial charge in [0, 0.05) is 13.0 Å². The van der Waals surface area contributed by atoms with Gasteiger partial charge in [0.1, 0.15) is 6.04 Å². The Balaban J connectivity index is 2.06. The van der Waals surface area contributed by atoms with Gasteiger partial charge in [0.15, 0.2) is 0 Å². The van der Waals surface area contributed by atoms with Crippen LogP contribution in [0.5, 0.6) is 0 Å². The molecule has 1 N–H and O–H groups in total.